The van der Waals surface area contributed by atoms with Gasteiger partial charge in [0.05, 0.1) is 18.1 Å². The van der Waals surface area contributed by atoms with Crippen LogP contribution in [0.1, 0.15) is 13.8 Å². The molecule has 0 N–H and O–H groups in total. The van der Waals surface area contributed by atoms with Crippen LogP contribution in [0.15, 0.2) is 18.2 Å². The van der Waals surface area contributed by atoms with Gasteiger partial charge in [0.15, 0.2) is 0 Å². The maximum absolute atomic E-state index is 11.3. The van der Waals surface area contributed by atoms with Crippen molar-refractivity contribution in [3.05, 3.63) is 28.3 Å². The summed E-state index contributed by atoms with van der Waals surface area (Å²) in [7, 11) is 2.04. The molecule has 0 bridgehead atoms. The smallest absolute Gasteiger partial charge is 0.292 e. The molecule has 1 fully saturated rings. The molecule has 0 spiro atoms. The van der Waals surface area contributed by atoms with Crippen molar-refractivity contribution in [1.29, 1.82) is 0 Å². The van der Waals surface area contributed by atoms with Crippen molar-refractivity contribution in [2.24, 2.45) is 0 Å². The lowest BCUT2D eigenvalue weighted by Crippen LogP contribution is -2.40. The first-order chi connectivity index (χ1) is 11.6. The van der Waals surface area contributed by atoms with Crippen molar-refractivity contribution < 1.29 is 9.66 Å². The van der Waals surface area contributed by atoms with E-state index in [-0.39, 0.29) is 10.6 Å². The Morgan fingerprint density at radius 2 is 1.92 bits per heavy atom. The average molecular weight is 336 g/mol. The van der Waals surface area contributed by atoms with Crippen molar-refractivity contribution in [1.82, 2.24) is 4.90 Å². The molecule has 1 aromatic carbocycles. The number of hydrogen-bond acceptors (Lipinski definition) is 6. The number of ether oxygens (including phenoxy) is 1. The lowest BCUT2D eigenvalue weighted by Gasteiger charge is -2.30. The van der Waals surface area contributed by atoms with Crippen LogP contribution in [0.25, 0.3) is 0 Å². The summed E-state index contributed by atoms with van der Waals surface area (Å²) in [5, 5.41) is 11.3. The molecular formula is C17H28N4O3. The molecular weight excluding hydrogens is 308 g/mol. The van der Waals surface area contributed by atoms with Gasteiger partial charge in [-0.3, -0.25) is 15.0 Å². The predicted octanol–water partition coefficient (Wildman–Crippen LogP) is 2.21. The van der Waals surface area contributed by atoms with E-state index in [2.05, 4.69) is 9.80 Å². The summed E-state index contributed by atoms with van der Waals surface area (Å²) in [6, 6.07) is 5.39. The molecule has 24 heavy (non-hydrogen) atoms. The van der Waals surface area contributed by atoms with Crippen LogP contribution < -0.4 is 9.80 Å². The molecule has 1 aliphatic heterocycles. The Morgan fingerprint density at radius 3 is 2.50 bits per heavy atom. The molecule has 1 aliphatic rings. The lowest BCUT2D eigenvalue weighted by atomic mass is 10.2. The molecule has 7 nitrogen and oxygen atoms in total. The molecule has 0 saturated carbocycles. The molecule has 134 valence electrons. The molecule has 0 aliphatic carbocycles. The van der Waals surface area contributed by atoms with Crippen molar-refractivity contribution in [3.8, 4) is 0 Å². The number of rotatable bonds is 8. The van der Waals surface area contributed by atoms with E-state index in [1.54, 1.807) is 6.07 Å². The highest BCUT2D eigenvalue weighted by Crippen LogP contribution is 2.32. The number of benzene rings is 1. The van der Waals surface area contributed by atoms with E-state index >= 15 is 0 Å². The topological polar surface area (TPSA) is 62.1 Å². The molecule has 1 saturated heterocycles. The Kier molecular flexibility index (Phi) is 6.81. The Morgan fingerprint density at radius 1 is 1.25 bits per heavy atom. The van der Waals surface area contributed by atoms with Crippen LogP contribution in [0, 0.1) is 10.1 Å². The first-order valence-corrected chi connectivity index (χ1v) is 8.61. The molecule has 1 aromatic rings. The predicted molar refractivity (Wildman–Crippen MR) is 97.2 cm³/mol. The summed E-state index contributed by atoms with van der Waals surface area (Å²) in [4.78, 5) is 17.6. The zero-order chi connectivity index (χ0) is 17.5. The quantitative estimate of drug-likeness (QED) is 0.536. The second kappa shape index (κ2) is 8.84. The Balaban J connectivity index is 2.10. The molecule has 0 unspecified atom stereocenters. The normalized spacial score (nSPS) is 15.3. The summed E-state index contributed by atoms with van der Waals surface area (Å²) in [5.41, 5.74) is 1.88. The van der Waals surface area contributed by atoms with Crippen LogP contribution in [0.4, 0.5) is 17.1 Å². The summed E-state index contributed by atoms with van der Waals surface area (Å²) in [5.74, 6) is 0. The van der Waals surface area contributed by atoms with Crippen molar-refractivity contribution in [2.45, 2.75) is 13.8 Å². The third kappa shape index (κ3) is 4.58. The average Bonchev–Trinajstić information content (AvgIpc) is 2.61. The van der Waals surface area contributed by atoms with E-state index in [4.69, 9.17) is 4.74 Å². The van der Waals surface area contributed by atoms with E-state index in [0.717, 1.165) is 58.2 Å². The van der Waals surface area contributed by atoms with Crippen LogP contribution in [0.3, 0.4) is 0 Å². The van der Waals surface area contributed by atoms with Gasteiger partial charge in [-0.1, -0.05) is 0 Å². The van der Waals surface area contributed by atoms with Gasteiger partial charge in [0, 0.05) is 58.1 Å². The maximum Gasteiger partial charge on any atom is 0.292 e. The minimum atomic E-state index is -0.300. The summed E-state index contributed by atoms with van der Waals surface area (Å²) >= 11 is 0. The number of nitrogens with zero attached hydrogens (tertiary/aromatic N) is 4. The summed E-state index contributed by atoms with van der Waals surface area (Å²) in [6.45, 7) is 10.9. The number of likely N-dealkylation sites (N-methyl/N-ethyl adjacent to an activating group) is 1. The molecule has 0 radical (unpaired) electrons. The van der Waals surface area contributed by atoms with Crippen LogP contribution in [0.2, 0.25) is 0 Å². The Bertz CT molecular complexity index is 543. The van der Waals surface area contributed by atoms with Gasteiger partial charge in [-0.25, -0.2) is 0 Å². The van der Waals surface area contributed by atoms with Gasteiger partial charge < -0.3 is 14.5 Å². The first kappa shape index (κ1) is 18.5. The molecule has 0 aromatic heterocycles. The second-order valence-corrected chi connectivity index (χ2v) is 5.98. The van der Waals surface area contributed by atoms with E-state index in [0.29, 0.717) is 5.69 Å². The van der Waals surface area contributed by atoms with Gasteiger partial charge >= 0.3 is 0 Å². The van der Waals surface area contributed by atoms with Crippen LogP contribution in [-0.4, -0.2) is 69.4 Å². The van der Waals surface area contributed by atoms with Crippen LogP contribution >= 0.6 is 0 Å². The van der Waals surface area contributed by atoms with Crippen LogP contribution in [-0.2, 0) is 4.74 Å². The third-order valence-corrected chi connectivity index (χ3v) is 4.56. The first-order valence-electron chi connectivity index (χ1n) is 8.61. The van der Waals surface area contributed by atoms with Gasteiger partial charge in [-0.15, -0.1) is 0 Å². The standard InChI is InChI=1S/C17H28N4O3/c1-4-20(5-2)17-14-15(6-7-16(17)21(22)23)18(3)8-9-19-10-12-24-13-11-19/h6-7,14H,4-5,8-13H2,1-3H3. The number of anilines is 2. The van der Waals surface area contributed by atoms with Gasteiger partial charge in [0.1, 0.15) is 5.69 Å². The van der Waals surface area contributed by atoms with E-state index in [9.17, 15) is 10.1 Å². The fourth-order valence-electron chi connectivity index (χ4n) is 2.97. The molecule has 0 amide bonds. The Labute approximate surface area is 143 Å². The zero-order valence-corrected chi connectivity index (χ0v) is 14.9. The maximum atomic E-state index is 11.3. The zero-order valence-electron chi connectivity index (χ0n) is 14.9. The number of nitro groups is 1. The number of hydrogen-bond donors (Lipinski definition) is 0. The molecule has 7 heteroatoms. The van der Waals surface area contributed by atoms with E-state index in [1.807, 2.05) is 37.9 Å². The summed E-state index contributed by atoms with van der Waals surface area (Å²) < 4.78 is 5.37. The van der Waals surface area contributed by atoms with Gasteiger partial charge in [-0.05, 0) is 26.0 Å². The van der Waals surface area contributed by atoms with Crippen molar-refractivity contribution in [2.75, 3.05) is 69.3 Å². The molecule has 0 atom stereocenters. The minimum Gasteiger partial charge on any atom is -0.379 e. The highest BCUT2D eigenvalue weighted by Gasteiger charge is 2.19. The highest BCUT2D eigenvalue weighted by molar-refractivity contribution is 5.70. The SMILES string of the molecule is CCN(CC)c1cc(N(C)CCN2CCOCC2)ccc1[N+](=O)[O-]. The number of nitro benzene ring substituents is 1. The molecule has 1 heterocycles. The van der Waals surface area contributed by atoms with Crippen molar-refractivity contribution in [3.63, 3.8) is 0 Å². The van der Waals surface area contributed by atoms with E-state index < -0.39 is 0 Å². The summed E-state index contributed by atoms with van der Waals surface area (Å²) in [6.07, 6.45) is 0. The van der Waals surface area contributed by atoms with E-state index in [1.165, 1.54) is 0 Å². The van der Waals surface area contributed by atoms with Gasteiger partial charge in [0.2, 0.25) is 0 Å². The molecule has 2 rings (SSSR count). The van der Waals surface area contributed by atoms with Crippen LogP contribution in [0.5, 0.6) is 0 Å². The number of morpholine rings is 1. The fraction of sp³-hybridized carbons (Fsp3) is 0.647. The van der Waals surface area contributed by atoms with Gasteiger partial charge in [0.25, 0.3) is 5.69 Å². The Hall–Kier alpha value is -1.86. The van der Waals surface area contributed by atoms with Crippen molar-refractivity contribution >= 4 is 17.1 Å². The largest absolute Gasteiger partial charge is 0.379 e. The highest BCUT2D eigenvalue weighted by atomic mass is 16.6. The van der Waals surface area contributed by atoms with Gasteiger partial charge in [-0.2, -0.15) is 0 Å². The second-order valence-electron chi connectivity index (χ2n) is 5.98. The fourth-order valence-corrected chi connectivity index (χ4v) is 2.97. The third-order valence-electron chi connectivity index (χ3n) is 4.56. The monoisotopic (exact) mass is 336 g/mol. The lowest BCUT2D eigenvalue weighted by molar-refractivity contribution is -0.384. The minimum absolute atomic E-state index is 0.170.